The number of aliphatic hydroxyl groups is 1. The highest BCUT2D eigenvalue weighted by Crippen LogP contribution is 2.30. The standard InChI is InChI=1S/C12H15N3O/c1-2-5-15(8-10-3-4-10)12-13-6-11(9-16)7-14-12/h1,6-7,10,16H,3-5,8-9H2. The van der Waals surface area contributed by atoms with E-state index in [1.165, 1.54) is 12.8 Å². The van der Waals surface area contributed by atoms with Gasteiger partial charge in [0.15, 0.2) is 0 Å². The van der Waals surface area contributed by atoms with Crippen LogP contribution in [0.25, 0.3) is 0 Å². The van der Waals surface area contributed by atoms with Gasteiger partial charge in [0.25, 0.3) is 0 Å². The third-order valence-corrected chi connectivity index (χ3v) is 2.61. The quantitative estimate of drug-likeness (QED) is 0.742. The van der Waals surface area contributed by atoms with Gasteiger partial charge in [-0.15, -0.1) is 6.42 Å². The van der Waals surface area contributed by atoms with Crippen molar-refractivity contribution in [2.75, 3.05) is 18.0 Å². The van der Waals surface area contributed by atoms with E-state index >= 15 is 0 Å². The molecule has 1 aliphatic carbocycles. The Morgan fingerprint density at radius 3 is 2.62 bits per heavy atom. The van der Waals surface area contributed by atoms with E-state index in [2.05, 4.69) is 15.9 Å². The van der Waals surface area contributed by atoms with Gasteiger partial charge in [-0.2, -0.15) is 0 Å². The third-order valence-electron chi connectivity index (χ3n) is 2.61. The molecule has 4 heteroatoms. The van der Waals surface area contributed by atoms with Crippen LogP contribution in [-0.4, -0.2) is 28.2 Å². The summed E-state index contributed by atoms with van der Waals surface area (Å²) in [6, 6.07) is 0. The first kappa shape index (κ1) is 10.9. The largest absolute Gasteiger partial charge is 0.392 e. The van der Waals surface area contributed by atoms with Gasteiger partial charge in [0.1, 0.15) is 0 Å². The van der Waals surface area contributed by atoms with Crippen LogP contribution in [0.2, 0.25) is 0 Å². The Labute approximate surface area is 95.3 Å². The first-order valence-corrected chi connectivity index (χ1v) is 5.43. The van der Waals surface area contributed by atoms with Crippen LogP contribution in [0, 0.1) is 18.3 Å². The molecule has 0 aromatic carbocycles. The lowest BCUT2D eigenvalue weighted by molar-refractivity contribution is 0.281. The summed E-state index contributed by atoms with van der Waals surface area (Å²) in [5, 5.41) is 8.90. The predicted molar refractivity (Wildman–Crippen MR) is 61.7 cm³/mol. The molecule has 1 N–H and O–H groups in total. The van der Waals surface area contributed by atoms with E-state index in [4.69, 9.17) is 11.5 Å². The second kappa shape index (κ2) is 4.95. The minimum atomic E-state index is -0.0297. The molecular weight excluding hydrogens is 202 g/mol. The van der Waals surface area contributed by atoms with E-state index in [9.17, 15) is 0 Å². The van der Waals surface area contributed by atoms with Crippen molar-refractivity contribution < 1.29 is 5.11 Å². The highest BCUT2D eigenvalue weighted by Gasteiger charge is 2.25. The zero-order valence-corrected chi connectivity index (χ0v) is 9.13. The summed E-state index contributed by atoms with van der Waals surface area (Å²) in [5.74, 6) is 4.02. The van der Waals surface area contributed by atoms with Gasteiger partial charge in [-0.05, 0) is 18.8 Å². The van der Waals surface area contributed by atoms with Crippen molar-refractivity contribution in [2.45, 2.75) is 19.4 Å². The molecule has 0 spiro atoms. The Bertz CT molecular complexity index is 378. The fourth-order valence-electron chi connectivity index (χ4n) is 1.53. The van der Waals surface area contributed by atoms with Gasteiger partial charge < -0.3 is 10.0 Å². The summed E-state index contributed by atoms with van der Waals surface area (Å²) >= 11 is 0. The number of rotatable bonds is 5. The molecule has 1 aromatic rings. The summed E-state index contributed by atoms with van der Waals surface area (Å²) in [6.45, 7) is 1.44. The monoisotopic (exact) mass is 217 g/mol. The summed E-state index contributed by atoms with van der Waals surface area (Å²) in [6.07, 6.45) is 11.2. The SMILES string of the molecule is C#CCN(CC1CC1)c1ncc(CO)cn1. The molecule has 1 saturated carbocycles. The molecule has 0 unspecified atom stereocenters. The highest BCUT2D eigenvalue weighted by atomic mass is 16.3. The van der Waals surface area contributed by atoms with E-state index in [1.807, 2.05) is 4.90 Å². The summed E-state index contributed by atoms with van der Waals surface area (Å²) < 4.78 is 0. The Morgan fingerprint density at radius 1 is 1.44 bits per heavy atom. The Hall–Kier alpha value is -1.60. The van der Waals surface area contributed by atoms with E-state index in [1.54, 1.807) is 12.4 Å². The van der Waals surface area contributed by atoms with Crippen LogP contribution in [0.4, 0.5) is 5.95 Å². The molecule has 16 heavy (non-hydrogen) atoms. The van der Waals surface area contributed by atoms with Crippen molar-refractivity contribution in [2.24, 2.45) is 5.92 Å². The molecule has 1 aliphatic rings. The number of hydrogen-bond acceptors (Lipinski definition) is 4. The number of aromatic nitrogens is 2. The van der Waals surface area contributed by atoms with E-state index in [0.717, 1.165) is 18.0 Å². The molecule has 1 fully saturated rings. The summed E-state index contributed by atoms with van der Waals surface area (Å²) in [4.78, 5) is 10.4. The second-order valence-electron chi connectivity index (χ2n) is 4.08. The molecule has 0 atom stereocenters. The fraction of sp³-hybridized carbons (Fsp3) is 0.500. The van der Waals surface area contributed by atoms with E-state index in [0.29, 0.717) is 12.5 Å². The zero-order chi connectivity index (χ0) is 11.4. The first-order valence-electron chi connectivity index (χ1n) is 5.43. The Kier molecular flexibility index (Phi) is 3.37. The molecule has 1 aromatic heterocycles. The van der Waals surface area contributed by atoms with Crippen LogP contribution in [-0.2, 0) is 6.61 Å². The van der Waals surface area contributed by atoms with Gasteiger partial charge in [0.2, 0.25) is 5.95 Å². The highest BCUT2D eigenvalue weighted by molar-refractivity contribution is 5.32. The predicted octanol–water partition coefficient (Wildman–Crippen LogP) is 0.819. The van der Waals surface area contributed by atoms with Crippen LogP contribution < -0.4 is 4.90 Å². The smallest absolute Gasteiger partial charge is 0.226 e. The number of hydrogen-bond donors (Lipinski definition) is 1. The summed E-state index contributed by atoms with van der Waals surface area (Å²) in [5.41, 5.74) is 0.718. The maximum atomic E-state index is 8.90. The second-order valence-corrected chi connectivity index (χ2v) is 4.08. The molecule has 0 amide bonds. The van der Waals surface area contributed by atoms with Crippen LogP contribution in [0.5, 0.6) is 0 Å². The molecule has 0 bridgehead atoms. The first-order chi connectivity index (χ1) is 7.83. The minimum Gasteiger partial charge on any atom is -0.392 e. The molecule has 84 valence electrons. The van der Waals surface area contributed by atoms with Crippen molar-refractivity contribution in [3.8, 4) is 12.3 Å². The van der Waals surface area contributed by atoms with Gasteiger partial charge >= 0.3 is 0 Å². The van der Waals surface area contributed by atoms with Crippen molar-refractivity contribution in [1.82, 2.24) is 9.97 Å². The third kappa shape index (κ3) is 2.71. The van der Waals surface area contributed by atoms with Crippen LogP contribution in [0.1, 0.15) is 18.4 Å². The van der Waals surface area contributed by atoms with Gasteiger partial charge in [-0.25, -0.2) is 9.97 Å². The van der Waals surface area contributed by atoms with Crippen LogP contribution in [0.3, 0.4) is 0 Å². The summed E-state index contributed by atoms with van der Waals surface area (Å²) in [7, 11) is 0. The average Bonchev–Trinajstić information content (AvgIpc) is 3.13. The minimum absolute atomic E-state index is 0.0297. The number of aliphatic hydroxyl groups excluding tert-OH is 1. The van der Waals surface area contributed by atoms with E-state index in [-0.39, 0.29) is 6.61 Å². The zero-order valence-electron chi connectivity index (χ0n) is 9.13. The maximum Gasteiger partial charge on any atom is 0.226 e. The van der Waals surface area contributed by atoms with Gasteiger partial charge in [-0.3, -0.25) is 0 Å². The number of terminal acetylenes is 1. The molecule has 0 saturated heterocycles. The van der Waals surface area contributed by atoms with Gasteiger partial charge in [0, 0.05) is 24.5 Å². The molecular formula is C12H15N3O. The number of anilines is 1. The normalized spacial score (nSPS) is 14.5. The van der Waals surface area contributed by atoms with Crippen molar-refractivity contribution in [3.63, 3.8) is 0 Å². The Morgan fingerprint density at radius 2 is 2.12 bits per heavy atom. The number of nitrogens with zero attached hydrogens (tertiary/aromatic N) is 3. The molecule has 0 aliphatic heterocycles. The van der Waals surface area contributed by atoms with Crippen molar-refractivity contribution >= 4 is 5.95 Å². The topological polar surface area (TPSA) is 49.2 Å². The lowest BCUT2D eigenvalue weighted by Crippen LogP contribution is -2.27. The van der Waals surface area contributed by atoms with Crippen LogP contribution in [0.15, 0.2) is 12.4 Å². The fourth-order valence-corrected chi connectivity index (χ4v) is 1.53. The average molecular weight is 217 g/mol. The molecule has 4 nitrogen and oxygen atoms in total. The molecule has 1 heterocycles. The molecule has 2 rings (SSSR count). The molecule has 0 radical (unpaired) electrons. The maximum absolute atomic E-state index is 8.90. The lowest BCUT2D eigenvalue weighted by atomic mass is 10.3. The lowest BCUT2D eigenvalue weighted by Gasteiger charge is -2.19. The van der Waals surface area contributed by atoms with E-state index < -0.39 is 0 Å². The Balaban J connectivity index is 2.07. The van der Waals surface area contributed by atoms with Gasteiger partial charge in [-0.1, -0.05) is 5.92 Å². The van der Waals surface area contributed by atoms with Crippen molar-refractivity contribution in [3.05, 3.63) is 18.0 Å². The van der Waals surface area contributed by atoms with Crippen molar-refractivity contribution in [1.29, 1.82) is 0 Å². The van der Waals surface area contributed by atoms with Gasteiger partial charge in [0.05, 0.1) is 13.2 Å². The van der Waals surface area contributed by atoms with Crippen LogP contribution >= 0.6 is 0 Å².